The highest BCUT2D eigenvalue weighted by atomic mass is 32.2. The minimum atomic E-state index is -0.209. The van der Waals surface area contributed by atoms with Gasteiger partial charge in [0, 0.05) is 22.3 Å². The lowest BCUT2D eigenvalue weighted by atomic mass is 10.1. The molecular weight excluding hydrogens is 374 g/mol. The van der Waals surface area contributed by atoms with Crippen LogP contribution in [0.5, 0.6) is 0 Å². The Balaban J connectivity index is 1.51. The number of amides is 1. The van der Waals surface area contributed by atoms with E-state index in [1.165, 1.54) is 28.7 Å². The maximum absolute atomic E-state index is 12.5. The molecule has 0 aliphatic rings. The summed E-state index contributed by atoms with van der Waals surface area (Å²) in [6, 6.07) is 16.5. The van der Waals surface area contributed by atoms with Crippen LogP contribution in [0.1, 0.15) is 21.6 Å². The second kappa shape index (κ2) is 7.69. The second-order valence-corrected chi connectivity index (χ2v) is 7.23. The number of benzene rings is 2. The Bertz CT molecular complexity index is 1200. The van der Waals surface area contributed by atoms with Gasteiger partial charge in [-0.1, -0.05) is 29.8 Å². The van der Waals surface area contributed by atoms with Crippen LogP contribution in [0.3, 0.4) is 0 Å². The molecule has 0 spiro atoms. The van der Waals surface area contributed by atoms with E-state index in [0.29, 0.717) is 22.8 Å². The van der Waals surface area contributed by atoms with Gasteiger partial charge in [-0.2, -0.15) is 4.52 Å². The molecule has 8 heteroatoms. The molecule has 0 bridgehead atoms. The van der Waals surface area contributed by atoms with E-state index in [-0.39, 0.29) is 11.5 Å². The molecule has 2 aromatic carbocycles. The fourth-order valence-electron chi connectivity index (χ4n) is 2.69. The third kappa shape index (κ3) is 3.81. The zero-order valence-corrected chi connectivity index (χ0v) is 15.9. The zero-order chi connectivity index (χ0) is 19.5. The summed E-state index contributed by atoms with van der Waals surface area (Å²) >= 11 is 1.50. The predicted octanol–water partition coefficient (Wildman–Crippen LogP) is 3.27. The molecule has 1 amide bonds. The van der Waals surface area contributed by atoms with Gasteiger partial charge in [0.15, 0.2) is 0 Å². The van der Waals surface area contributed by atoms with E-state index in [0.717, 1.165) is 16.1 Å². The minimum absolute atomic E-state index is 0.164. The van der Waals surface area contributed by atoms with E-state index in [1.807, 2.05) is 43.3 Å². The van der Waals surface area contributed by atoms with Crippen molar-refractivity contribution in [3.05, 3.63) is 88.1 Å². The molecule has 7 nitrogen and oxygen atoms in total. The van der Waals surface area contributed by atoms with Crippen LogP contribution in [-0.4, -0.2) is 25.5 Å². The first-order valence-electron chi connectivity index (χ1n) is 8.62. The summed E-state index contributed by atoms with van der Waals surface area (Å²) in [6.45, 7) is 1.98. The van der Waals surface area contributed by atoms with Crippen molar-refractivity contribution in [1.29, 1.82) is 0 Å². The SMILES string of the molecule is Cc1ccc(C(=O)Nc2ccccc2SCc2cc(=O)n3[nH]cnc3n2)cc1. The van der Waals surface area contributed by atoms with Crippen LogP contribution < -0.4 is 10.9 Å². The Morgan fingerprint density at radius 1 is 1.18 bits per heavy atom. The molecule has 28 heavy (non-hydrogen) atoms. The van der Waals surface area contributed by atoms with Crippen molar-refractivity contribution in [3.8, 4) is 0 Å². The lowest BCUT2D eigenvalue weighted by Gasteiger charge is -2.11. The molecule has 0 fully saturated rings. The number of hydrogen-bond donors (Lipinski definition) is 2. The van der Waals surface area contributed by atoms with Gasteiger partial charge in [0.05, 0.1) is 11.4 Å². The summed E-state index contributed by atoms with van der Waals surface area (Å²) in [5.74, 6) is 0.655. The smallest absolute Gasteiger partial charge is 0.274 e. The van der Waals surface area contributed by atoms with Crippen molar-refractivity contribution in [2.75, 3.05) is 5.32 Å². The molecule has 0 saturated carbocycles. The standard InChI is InChI=1S/C20H17N5O2S/c1-13-6-8-14(9-7-13)19(27)24-16-4-2-3-5-17(16)28-11-15-10-18(26)25-20(23-15)21-12-22-25/h2-10,12H,11H2,1H3,(H,24,27)(H,21,22,23). The maximum atomic E-state index is 12.5. The number of aryl methyl sites for hydroxylation is 1. The van der Waals surface area contributed by atoms with Crippen molar-refractivity contribution in [2.45, 2.75) is 17.6 Å². The third-order valence-corrected chi connectivity index (χ3v) is 5.25. The van der Waals surface area contributed by atoms with E-state index < -0.39 is 0 Å². The van der Waals surface area contributed by atoms with Gasteiger partial charge in [-0.05, 0) is 31.2 Å². The number of aromatic amines is 1. The molecule has 2 N–H and O–H groups in total. The van der Waals surface area contributed by atoms with Crippen LogP contribution in [0.4, 0.5) is 5.69 Å². The predicted molar refractivity (Wildman–Crippen MR) is 109 cm³/mol. The normalized spacial score (nSPS) is 10.9. The number of nitrogens with one attached hydrogen (secondary N) is 2. The molecule has 0 atom stereocenters. The number of hydrogen-bond acceptors (Lipinski definition) is 5. The number of fused-ring (bicyclic) bond motifs is 1. The average molecular weight is 391 g/mol. The number of H-pyrrole nitrogens is 1. The lowest BCUT2D eigenvalue weighted by Crippen LogP contribution is -2.15. The molecule has 0 aliphatic carbocycles. The first-order valence-corrected chi connectivity index (χ1v) is 9.60. The van der Waals surface area contributed by atoms with Gasteiger partial charge in [0.25, 0.3) is 17.2 Å². The quantitative estimate of drug-likeness (QED) is 0.510. The van der Waals surface area contributed by atoms with Gasteiger partial charge >= 0.3 is 0 Å². The summed E-state index contributed by atoms with van der Waals surface area (Å²) < 4.78 is 1.28. The van der Waals surface area contributed by atoms with Gasteiger partial charge in [0.2, 0.25) is 0 Å². The molecule has 0 radical (unpaired) electrons. The lowest BCUT2D eigenvalue weighted by molar-refractivity contribution is 0.102. The highest BCUT2D eigenvalue weighted by Gasteiger charge is 2.11. The topological polar surface area (TPSA) is 92.2 Å². The molecule has 0 unspecified atom stereocenters. The van der Waals surface area contributed by atoms with Gasteiger partial charge in [-0.3, -0.25) is 14.7 Å². The number of aromatic nitrogens is 4. The summed E-state index contributed by atoms with van der Waals surface area (Å²) in [5.41, 5.74) is 2.84. The Morgan fingerprint density at radius 3 is 2.79 bits per heavy atom. The van der Waals surface area contributed by atoms with E-state index in [1.54, 1.807) is 12.1 Å². The Hall–Kier alpha value is -3.39. The Labute approximate surface area is 164 Å². The first-order chi connectivity index (χ1) is 13.6. The number of para-hydroxylation sites is 1. The summed E-state index contributed by atoms with van der Waals surface area (Å²) in [4.78, 5) is 33.9. The van der Waals surface area contributed by atoms with Crippen LogP contribution in [0, 0.1) is 6.92 Å². The third-order valence-electron chi connectivity index (χ3n) is 4.15. The average Bonchev–Trinajstić information content (AvgIpc) is 3.17. The summed E-state index contributed by atoms with van der Waals surface area (Å²) in [5, 5.41) is 5.67. The van der Waals surface area contributed by atoms with Crippen LogP contribution in [0.15, 0.2) is 70.6 Å². The molecule has 2 heterocycles. The summed E-state index contributed by atoms with van der Waals surface area (Å²) in [6.07, 6.45) is 1.43. The van der Waals surface area contributed by atoms with Crippen LogP contribution >= 0.6 is 11.8 Å². The fourth-order valence-corrected chi connectivity index (χ4v) is 3.59. The molecule has 2 aromatic heterocycles. The van der Waals surface area contributed by atoms with E-state index in [9.17, 15) is 9.59 Å². The maximum Gasteiger partial charge on any atom is 0.274 e. The van der Waals surface area contributed by atoms with Crippen molar-refractivity contribution in [3.63, 3.8) is 0 Å². The van der Waals surface area contributed by atoms with Crippen molar-refractivity contribution >= 4 is 29.1 Å². The van der Waals surface area contributed by atoms with Crippen LogP contribution in [-0.2, 0) is 5.75 Å². The Morgan fingerprint density at radius 2 is 1.96 bits per heavy atom. The van der Waals surface area contributed by atoms with Gasteiger partial charge in [0.1, 0.15) is 6.33 Å². The van der Waals surface area contributed by atoms with E-state index in [2.05, 4.69) is 20.4 Å². The fraction of sp³-hybridized carbons (Fsp3) is 0.100. The number of nitrogens with zero attached hydrogens (tertiary/aromatic N) is 3. The molecule has 4 rings (SSSR count). The molecule has 140 valence electrons. The van der Waals surface area contributed by atoms with E-state index >= 15 is 0 Å². The molecule has 4 aromatic rings. The molecular formula is C20H17N5O2S. The number of thioether (sulfide) groups is 1. The van der Waals surface area contributed by atoms with Crippen molar-refractivity contribution in [1.82, 2.24) is 19.6 Å². The highest BCUT2D eigenvalue weighted by molar-refractivity contribution is 7.98. The number of anilines is 1. The van der Waals surface area contributed by atoms with Crippen LogP contribution in [0.2, 0.25) is 0 Å². The minimum Gasteiger partial charge on any atom is -0.321 e. The zero-order valence-electron chi connectivity index (χ0n) is 15.0. The molecule has 0 aliphatic heterocycles. The number of carbonyl (C=O) groups excluding carboxylic acids is 1. The number of carbonyl (C=O) groups is 1. The number of rotatable bonds is 5. The van der Waals surface area contributed by atoms with E-state index in [4.69, 9.17) is 0 Å². The Kier molecular flexibility index (Phi) is 4.94. The largest absolute Gasteiger partial charge is 0.321 e. The highest BCUT2D eigenvalue weighted by Crippen LogP contribution is 2.29. The van der Waals surface area contributed by atoms with Crippen molar-refractivity contribution in [2.24, 2.45) is 0 Å². The summed E-state index contributed by atoms with van der Waals surface area (Å²) in [7, 11) is 0. The van der Waals surface area contributed by atoms with Gasteiger partial charge in [-0.15, -0.1) is 11.8 Å². The monoisotopic (exact) mass is 391 g/mol. The first kappa shape index (κ1) is 18.0. The second-order valence-electron chi connectivity index (χ2n) is 6.21. The van der Waals surface area contributed by atoms with Gasteiger partial charge in [-0.25, -0.2) is 9.97 Å². The van der Waals surface area contributed by atoms with Gasteiger partial charge < -0.3 is 5.32 Å². The van der Waals surface area contributed by atoms with Crippen molar-refractivity contribution < 1.29 is 4.79 Å². The molecule has 0 saturated heterocycles. The van der Waals surface area contributed by atoms with Crippen LogP contribution in [0.25, 0.3) is 5.78 Å².